The fourth-order valence-corrected chi connectivity index (χ4v) is 2.84. The van der Waals surface area contributed by atoms with Crippen LogP contribution in [0, 0.1) is 0 Å². The molecule has 2 heterocycles. The molecule has 0 aliphatic rings. The van der Waals surface area contributed by atoms with Crippen LogP contribution in [0.25, 0.3) is 10.2 Å². The van der Waals surface area contributed by atoms with Crippen molar-refractivity contribution in [2.75, 3.05) is 11.9 Å². The smallest absolute Gasteiger partial charge is 0.147 e. The molecule has 2 aromatic heterocycles. The third-order valence-corrected chi connectivity index (χ3v) is 3.98. The molecule has 0 aromatic carbocycles. The van der Waals surface area contributed by atoms with Gasteiger partial charge >= 0.3 is 0 Å². The highest BCUT2D eigenvalue weighted by molar-refractivity contribution is 7.17. The number of hydrogen-bond donors (Lipinski definition) is 1. The molecule has 2 rings (SSSR count). The molecule has 0 spiro atoms. The number of nitrogens with zero attached hydrogens (tertiary/aromatic N) is 2. The molecule has 1 N–H and O–H groups in total. The van der Waals surface area contributed by atoms with Gasteiger partial charge in [-0.25, -0.2) is 9.97 Å². The first-order valence-electron chi connectivity index (χ1n) is 6.84. The van der Waals surface area contributed by atoms with Gasteiger partial charge in [-0.15, -0.1) is 11.3 Å². The van der Waals surface area contributed by atoms with E-state index >= 15 is 0 Å². The molecular weight excluding hydrogens is 242 g/mol. The summed E-state index contributed by atoms with van der Waals surface area (Å²) in [6.45, 7) is 3.26. The summed E-state index contributed by atoms with van der Waals surface area (Å²) in [6, 6.07) is 2.04. The number of hydrogen-bond acceptors (Lipinski definition) is 4. The fourth-order valence-electron chi connectivity index (χ4n) is 2.03. The van der Waals surface area contributed by atoms with Crippen LogP contribution < -0.4 is 5.32 Å². The van der Waals surface area contributed by atoms with Crippen molar-refractivity contribution in [3.05, 3.63) is 17.8 Å². The largest absolute Gasteiger partial charge is 0.369 e. The van der Waals surface area contributed by atoms with E-state index in [1.165, 1.54) is 43.2 Å². The summed E-state index contributed by atoms with van der Waals surface area (Å²) in [7, 11) is 0. The quantitative estimate of drug-likeness (QED) is 0.714. The lowest BCUT2D eigenvalue weighted by molar-refractivity contribution is 0.617. The lowest BCUT2D eigenvalue weighted by Gasteiger charge is -2.05. The molecule has 0 saturated carbocycles. The maximum absolute atomic E-state index is 4.31. The molecule has 2 aromatic rings. The Bertz CT molecular complexity index is 467. The van der Waals surface area contributed by atoms with Crippen LogP contribution in [0.1, 0.15) is 45.4 Å². The fraction of sp³-hybridized carbons (Fsp3) is 0.571. The Kier molecular flexibility index (Phi) is 5.39. The number of anilines is 1. The van der Waals surface area contributed by atoms with Gasteiger partial charge in [0.1, 0.15) is 12.1 Å². The molecule has 3 nitrogen and oxygen atoms in total. The van der Waals surface area contributed by atoms with Crippen LogP contribution in [0.3, 0.4) is 0 Å². The van der Waals surface area contributed by atoms with Crippen LogP contribution in [0.4, 0.5) is 5.82 Å². The number of unbranched alkanes of at least 4 members (excludes halogenated alkanes) is 5. The summed E-state index contributed by atoms with van der Waals surface area (Å²) >= 11 is 1.70. The van der Waals surface area contributed by atoms with Crippen LogP contribution in [0.2, 0.25) is 0 Å². The Morgan fingerprint density at radius 3 is 2.83 bits per heavy atom. The van der Waals surface area contributed by atoms with Gasteiger partial charge in [0.2, 0.25) is 0 Å². The molecule has 0 aliphatic heterocycles. The van der Waals surface area contributed by atoms with Gasteiger partial charge < -0.3 is 5.32 Å². The lowest BCUT2D eigenvalue weighted by Crippen LogP contribution is -2.03. The Morgan fingerprint density at radius 2 is 1.94 bits per heavy atom. The van der Waals surface area contributed by atoms with Gasteiger partial charge in [-0.05, 0) is 17.9 Å². The summed E-state index contributed by atoms with van der Waals surface area (Å²) in [5.74, 6) is 0.989. The number of rotatable bonds is 8. The van der Waals surface area contributed by atoms with Crippen LogP contribution in [0.5, 0.6) is 0 Å². The molecule has 0 bridgehead atoms. The number of thiophene rings is 1. The number of aromatic nitrogens is 2. The normalized spacial score (nSPS) is 10.9. The van der Waals surface area contributed by atoms with Gasteiger partial charge in [0, 0.05) is 6.54 Å². The summed E-state index contributed by atoms with van der Waals surface area (Å²) in [5.41, 5.74) is 1.04. The van der Waals surface area contributed by atoms with Crippen molar-refractivity contribution in [1.29, 1.82) is 0 Å². The minimum absolute atomic E-state index is 0.989. The van der Waals surface area contributed by atoms with Crippen molar-refractivity contribution < 1.29 is 0 Å². The Balaban J connectivity index is 1.72. The molecule has 98 valence electrons. The van der Waals surface area contributed by atoms with Gasteiger partial charge in [0.15, 0.2) is 0 Å². The van der Waals surface area contributed by atoms with E-state index in [9.17, 15) is 0 Å². The van der Waals surface area contributed by atoms with E-state index in [4.69, 9.17) is 0 Å². The highest BCUT2D eigenvalue weighted by Crippen LogP contribution is 2.24. The molecule has 0 radical (unpaired) electrons. The van der Waals surface area contributed by atoms with Crippen molar-refractivity contribution in [2.24, 2.45) is 0 Å². The third kappa shape index (κ3) is 3.67. The lowest BCUT2D eigenvalue weighted by atomic mass is 10.1. The van der Waals surface area contributed by atoms with Gasteiger partial charge in [-0.3, -0.25) is 0 Å². The highest BCUT2D eigenvalue weighted by atomic mass is 32.1. The summed E-state index contributed by atoms with van der Waals surface area (Å²) < 4.78 is 1.17. The first-order chi connectivity index (χ1) is 8.92. The second-order valence-electron chi connectivity index (χ2n) is 4.55. The Hall–Kier alpha value is -1.16. The monoisotopic (exact) mass is 263 g/mol. The van der Waals surface area contributed by atoms with Crippen molar-refractivity contribution in [2.45, 2.75) is 45.4 Å². The molecule has 0 atom stereocenters. The second kappa shape index (κ2) is 7.31. The molecule has 0 aliphatic carbocycles. The number of fused-ring (bicyclic) bond motifs is 1. The predicted octanol–water partition coefficient (Wildman–Crippen LogP) is 4.46. The van der Waals surface area contributed by atoms with Crippen LogP contribution in [0.15, 0.2) is 17.8 Å². The molecule has 4 heteroatoms. The summed E-state index contributed by atoms with van der Waals surface area (Å²) in [4.78, 5) is 8.55. The molecule has 18 heavy (non-hydrogen) atoms. The first-order valence-corrected chi connectivity index (χ1v) is 7.72. The zero-order chi connectivity index (χ0) is 12.6. The van der Waals surface area contributed by atoms with E-state index in [1.54, 1.807) is 17.7 Å². The van der Waals surface area contributed by atoms with E-state index < -0.39 is 0 Å². The minimum atomic E-state index is 0.989. The average molecular weight is 263 g/mol. The minimum Gasteiger partial charge on any atom is -0.369 e. The van der Waals surface area contributed by atoms with E-state index in [0.717, 1.165) is 17.9 Å². The van der Waals surface area contributed by atoms with Gasteiger partial charge in [-0.2, -0.15) is 0 Å². The summed E-state index contributed by atoms with van der Waals surface area (Å²) in [5, 5.41) is 5.49. The molecule has 0 amide bonds. The van der Waals surface area contributed by atoms with Crippen LogP contribution >= 0.6 is 11.3 Å². The molecule has 0 unspecified atom stereocenters. The van der Waals surface area contributed by atoms with Crippen LogP contribution in [-0.4, -0.2) is 16.5 Å². The van der Waals surface area contributed by atoms with Crippen molar-refractivity contribution >= 4 is 27.4 Å². The SMILES string of the molecule is CCCCCCCCNc1ncnc2ccsc12. The van der Waals surface area contributed by atoms with E-state index in [-0.39, 0.29) is 0 Å². The maximum atomic E-state index is 4.31. The second-order valence-corrected chi connectivity index (χ2v) is 5.47. The standard InChI is InChI=1S/C14H21N3S/c1-2-3-4-5-6-7-9-15-14-13-12(8-10-18-13)16-11-17-14/h8,10-11H,2-7,9H2,1H3,(H,15,16,17). The summed E-state index contributed by atoms with van der Waals surface area (Å²) in [6.07, 6.45) is 9.59. The van der Waals surface area contributed by atoms with Crippen LogP contribution in [-0.2, 0) is 0 Å². The topological polar surface area (TPSA) is 37.8 Å². The highest BCUT2D eigenvalue weighted by Gasteiger charge is 2.03. The van der Waals surface area contributed by atoms with Gasteiger partial charge in [-0.1, -0.05) is 39.0 Å². The van der Waals surface area contributed by atoms with Crippen molar-refractivity contribution in [3.63, 3.8) is 0 Å². The molecular formula is C14H21N3S. The Labute approximate surface area is 113 Å². The van der Waals surface area contributed by atoms with E-state index in [2.05, 4.69) is 27.6 Å². The van der Waals surface area contributed by atoms with E-state index in [1.807, 2.05) is 6.07 Å². The number of nitrogens with one attached hydrogen (secondary N) is 1. The van der Waals surface area contributed by atoms with Crippen molar-refractivity contribution in [3.8, 4) is 0 Å². The third-order valence-electron chi connectivity index (χ3n) is 3.07. The van der Waals surface area contributed by atoms with Crippen molar-refractivity contribution in [1.82, 2.24) is 9.97 Å². The average Bonchev–Trinajstić information content (AvgIpc) is 2.86. The zero-order valence-corrected chi connectivity index (χ0v) is 11.8. The van der Waals surface area contributed by atoms with Gasteiger partial charge in [0.05, 0.1) is 10.2 Å². The first kappa shape index (κ1) is 13.3. The predicted molar refractivity (Wildman–Crippen MR) is 79.3 cm³/mol. The van der Waals surface area contributed by atoms with E-state index in [0.29, 0.717) is 0 Å². The Morgan fingerprint density at radius 1 is 1.11 bits per heavy atom. The molecule has 0 fully saturated rings. The maximum Gasteiger partial charge on any atom is 0.147 e. The molecule has 0 saturated heterocycles. The van der Waals surface area contributed by atoms with Gasteiger partial charge in [0.25, 0.3) is 0 Å². The zero-order valence-electron chi connectivity index (χ0n) is 11.0.